The molecule has 27 heavy (non-hydrogen) atoms. The van der Waals surface area contributed by atoms with E-state index in [2.05, 4.69) is 0 Å². The first-order valence-electron chi connectivity index (χ1n) is 8.82. The highest BCUT2D eigenvalue weighted by Crippen LogP contribution is 2.47. The number of ether oxygens (including phenoxy) is 4. The zero-order chi connectivity index (χ0) is 20.4. The van der Waals surface area contributed by atoms with Crippen molar-refractivity contribution in [3.63, 3.8) is 0 Å². The highest BCUT2D eigenvalue weighted by atomic mass is 16.7. The van der Waals surface area contributed by atoms with Crippen molar-refractivity contribution in [3.8, 4) is 17.2 Å². The molecule has 1 aromatic carbocycles. The van der Waals surface area contributed by atoms with Gasteiger partial charge in [-0.15, -0.1) is 0 Å². The molecule has 0 aromatic heterocycles. The Bertz CT molecular complexity index is 646. The van der Waals surface area contributed by atoms with Crippen molar-refractivity contribution in [2.75, 3.05) is 28.4 Å². The van der Waals surface area contributed by atoms with Crippen LogP contribution in [-0.2, 0) is 18.8 Å². The molecule has 2 rings (SSSR count). The van der Waals surface area contributed by atoms with Crippen molar-refractivity contribution in [1.82, 2.24) is 0 Å². The fraction of sp³-hybridized carbons (Fsp3) is 0.632. The van der Waals surface area contributed by atoms with Gasteiger partial charge in [0.1, 0.15) is 17.2 Å². The number of hydrogen-bond acceptors (Lipinski definition) is 7. The molecule has 7 nitrogen and oxygen atoms in total. The quantitative estimate of drug-likeness (QED) is 0.532. The minimum absolute atomic E-state index is 0.0480. The number of benzene rings is 1. The summed E-state index contributed by atoms with van der Waals surface area (Å²) in [6, 6.07) is 3.49. The van der Waals surface area contributed by atoms with Crippen LogP contribution < -0.4 is 14.2 Å². The second kappa shape index (κ2) is 7.98. The highest BCUT2D eigenvalue weighted by Gasteiger charge is 2.55. The van der Waals surface area contributed by atoms with Crippen LogP contribution in [0.25, 0.3) is 0 Å². The second-order valence-electron chi connectivity index (χ2n) is 7.46. The maximum absolute atomic E-state index is 12.2. The molecule has 0 radical (unpaired) electrons. The number of hydrogen-bond donors (Lipinski definition) is 0. The molecule has 1 aliphatic rings. The van der Waals surface area contributed by atoms with E-state index in [1.54, 1.807) is 33.5 Å². The SMILES string of the molecule is COC(=O)CC(B1OC(C)(C)C(C)(C)O1)c1c(OC)cc(OC)cc1OC. The van der Waals surface area contributed by atoms with Gasteiger partial charge in [-0.25, -0.2) is 0 Å². The monoisotopic (exact) mass is 380 g/mol. The summed E-state index contributed by atoms with van der Waals surface area (Å²) in [7, 11) is 5.35. The smallest absolute Gasteiger partial charge is 0.466 e. The number of methoxy groups -OCH3 is 4. The molecule has 0 N–H and O–H groups in total. The molecule has 150 valence electrons. The summed E-state index contributed by atoms with van der Waals surface area (Å²) in [6.07, 6.45) is 0.0480. The van der Waals surface area contributed by atoms with Gasteiger partial charge in [-0.1, -0.05) is 0 Å². The molecule has 1 aliphatic heterocycles. The summed E-state index contributed by atoms with van der Waals surface area (Å²) in [5.74, 6) is 0.756. The van der Waals surface area contributed by atoms with Crippen LogP contribution in [0, 0.1) is 0 Å². The van der Waals surface area contributed by atoms with Crippen molar-refractivity contribution in [2.24, 2.45) is 0 Å². The Morgan fingerprint density at radius 3 is 1.81 bits per heavy atom. The molecule has 0 amide bonds. The van der Waals surface area contributed by atoms with Crippen LogP contribution in [0.4, 0.5) is 0 Å². The number of carbonyl (C=O) groups is 1. The summed E-state index contributed by atoms with van der Waals surface area (Å²) in [5.41, 5.74) is -0.414. The Labute approximate surface area is 161 Å². The molecular formula is C19H29BO7. The van der Waals surface area contributed by atoms with E-state index in [1.165, 1.54) is 7.11 Å². The molecule has 0 bridgehead atoms. The van der Waals surface area contributed by atoms with E-state index in [9.17, 15) is 4.79 Å². The van der Waals surface area contributed by atoms with Gasteiger partial charge in [0.25, 0.3) is 0 Å². The van der Waals surface area contributed by atoms with Crippen LogP contribution in [0.15, 0.2) is 12.1 Å². The maximum atomic E-state index is 12.2. The molecule has 1 saturated heterocycles. The molecule has 0 aliphatic carbocycles. The van der Waals surface area contributed by atoms with Crippen LogP contribution >= 0.6 is 0 Å². The van der Waals surface area contributed by atoms with E-state index < -0.39 is 24.1 Å². The van der Waals surface area contributed by atoms with Gasteiger partial charge in [0.05, 0.1) is 46.1 Å². The number of carbonyl (C=O) groups excluding carboxylic acids is 1. The minimum atomic E-state index is -0.676. The van der Waals surface area contributed by atoms with Gasteiger partial charge in [0, 0.05) is 23.5 Å². The normalized spacial score (nSPS) is 18.7. The summed E-state index contributed by atoms with van der Waals surface area (Å²) in [6.45, 7) is 7.85. The van der Waals surface area contributed by atoms with Crippen molar-refractivity contribution < 1.29 is 33.1 Å². The summed E-state index contributed by atoms with van der Waals surface area (Å²) < 4.78 is 33.8. The predicted molar refractivity (Wildman–Crippen MR) is 102 cm³/mol. The van der Waals surface area contributed by atoms with Crippen LogP contribution in [0.3, 0.4) is 0 Å². The van der Waals surface area contributed by atoms with Crippen molar-refractivity contribution in [2.45, 2.75) is 51.1 Å². The van der Waals surface area contributed by atoms with E-state index >= 15 is 0 Å². The molecule has 8 heteroatoms. The molecule has 1 atom stereocenters. The third-order valence-corrected chi connectivity index (χ3v) is 5.34. The lowest BCUT2D eigenvalue weighted by atomic mass is 9.65. The van der Waals surface area contributed by atoms with E-state index in [-0.39, 0.29) is 12.4 Å². The van der Waals surface area contributed by atoms with Gasteiger partial charge in [-0.05, 0) is 27.7 Å². The van der Waals surface area contributed by atoms with Crippen molar-refractivity contribution in [1.29, 1.82) is 0 Å². The highest BCUT2D eigenvalue weighted by molar-refractivity contribution is 6.48. The van der Waals surface area contributed by atoms with E-state index in [0.29, 0.717) is 22.8 Å². The molecule has 1 aromatic rings. The molecule has 1 unspecified atom stereocenters. The largest absolute Gasteiger partial charge is 0.496 e. The van der Waals surface area contributed by atoms with Gasteiger partial charge in [-0.2, -0.15) is 0 Å². The van der Waals surface area contributed by atoms with Crippen LogP contribution in [0.5, 0.6) is 17.2 Å². The van der Waals surface area contributed by atoms with Gasteiger partial charge in [-0.3, -0.25) is 4.79 Å². The van der Waals surface area contributed by atoms with E-state index in [0.717, 1.165) is 0 Å². The Morgan fingerprint density at radius 1 is 0.963 bits per heavy atom. The fourth-order valence-electron chi connectivity index (χ4n) is 3.05. The standard InChI is InChI=1S/C19H29BO7/c1-18(2)19(3,4)27-20(26-18)13(11-16(21)25-8)17-14(23-6)9-12(22-5)10-15(17)24-7/h9-10,13H,11H2,1-8H3. The first-order chi connectivity index (χ1) is 12.6. The first kappa shape index (κ1) is 21.4. The third kappa shape index (κ3) is 4.16. The van der Waals surface area contributed by atoms with Gasteiger partial charge < -0.3 is 28.3 Å². The lowest BCUT2D eigenvalue weighted by molar-refractivity contribution is -0.140. The Balaban J connectivity index is 2.57. The Morgan fingerprint density at radius 2 is 1.44 bits per heavy atom. The summed E-state index contributed by atoms with van der Waals surface area (Å²) >= 11 is 0. The lowest BCUT2D eigenvalue weighted by Gasteiger charge is -2.32. The minimum Gasteiger partial charge on any atom is -0.496 e. The second-order valence-corrected chi connectivity index (χ2v) is 7.46. The molecule has 1 fully saturated rings. The fourth-order valence-corrected chi connectivity index (χ4v) is 3.05. The topological polar surface area (TPSA) is 72.5 Å². The van der Waals surface area contributed by atoms with Gasteiger partial charge in [0.2, 0.25) is 0 Å². The van der Waals surface area contributed by atoms with Gasteiger partial charge >= 0.3 is 13.1 Å². The van der Waals surface area contributed by atoms with Crippen molar-refractivity contribution >= 4 is 13.1 Å². The third-order valence-electron chi connectivity index (χ3n) is 5.34. The zero-order valence-electron chi connectivity index (χ0n) is 17.4. The average Bonchev–Trinajstić information content (AvgIpc) is 2.85. The number of rotatable bonds is 7. The van der Waals surface area contributed by atoms with Crippen molar-refractivity contribution in [3.05, 3.63) is 17.7 Å². The molecule has 0 saturated carbocycles. The Hall–Kier alpha value is -1.93. The lowest BCUT2D eigenvalue weighted by Crippen LogP contribution is -2.41. The van der Waals surface area contributed by atoms with Crippen LogP contribution in [0.1, 0.15) is 45.5 Å². The summed E-state index contributed by atoms with van der Waals surface area (Å²) in [5, 5.41) is 0. The molecule has 0 spiro atoms. The Kier molecular flexibility index (Phi) is 6.32. The average molecular weight is 380 g/mol. The van der Waals surface area contributed by atoms with E-state index in [4.69, 9.17) is 28.3 Å². The van der Waals surface area contributed by atoms with Crippen LogP contribution in [0.2, 0.25) is 0 Å². The zero-order valence-corrected chi connectivity index (χ0v) is 17.4. The van der Waals surface area contributed by atoms with E-state index in [1.807, 2.05) is 27.7 Å². The molecular weight excluding hydrogens is 351 g/mol. The first-order valence-corrected chi connectivity index (χ1v) is 8.82. The van der Waals surface area contributed by atoms with Gasteiger partial charge in [0.15, 0.2) is 0 Å². The maximum Gasteiger partial charge on any atom is 0.466 e. The predicted octanol–water partition coefficient (Wildman–Crippen LogP) is 2.99. The number of esters is 1. The van der Waals surface area contributed by atoms with Crippen LogP contribution in [-0.4, -0.2) is 52.7 Å². The molecule has 1 heterocycles. The summed E-state index contributed by atoms with van der Waals surface area (Å²) in [4.78, 5) is 12.2.